The normalized spacial score (nSPS) is 22.0. The Labute approximate surface area is 201 Å². The highest BCUT2D eigenvalue weighted by Gasteiger charge is 2.46. The van der Waals surface area contributed by atoms with Gasteiger partial charge in [-0.15, -0.1) is 0 Å². The molecule has 0 saturated carbocycles. The summed E-state index contributed by atoms with van der Waals surface area (Å²) in [7, 11) is -1.77. The second kappa shape index (κ2) is 10.1. The average Bonchev–Trinajstić information content (AvgIpc) is 3.00. The van der Waals surface area contributed by atoms with E-state index < -0.39 is 32.1 Å². The van der Waals surface area contributed by atoms with Crippen LogP contribution in [0.25, 0.3) is 0 Å². The van der Waals surface area contributed by atoms with Crippen LogP contribution in [-0.4, -0.2) is 87.0 Å². The number of fused-ring (bicyclic) bond motifs is 1. The number of rotatable bonds is 8. The molecule has 0 amide bonds. The van der Waals surface area contributed by atoms with E-state index in [1.807, 2.05) is 0 Å². The molecule has 2 aliphatic rings. The molecule has 180 valence electrons. The lowest BCUT2D eigenvalue weighted by Gasteiger charge is -2.30. The van der Waals surface area contributed by atoms with Crippen molar-refractivity contribution >= 4 is 57.9 Å². The first kappa shape index (κ1) is 25.7. The highest BCUT2D eigenvalue weighted by Crippen LogP contribution is 2.47. The maximum Gasteiger partial charge on any atom is 0.418 e. The molecule has 0 aliphatic carbocycles. The Balaban J connectivity index is 2.16. The summed E-state index contributed by atoms with van der Waals surface area (Å²) in [4.78, 5) is 14.1. The van der Waals surface area contributed by atoms with Gasteiger partial charge in [-0.05, 0) is 7.05 Å². The van der Waals surface area contributed by atoms with Gasteiger partial charge in [0.1, 0.15) is 4.99 Å². The highest BCUT2D eigenvalue weighted by atomic mass is 79.9. The van der Waals surface area contributed by atoms with Crippen LogP contribution in [0.15, 0.2) is 17.0 Å². The van der Waals surface area contributed by atoms with Crippen LogP contribution in [0.3, 0.4) is 0 Å². The zero-order chi connectivity index (χ0) is 23.7. The number of nitro benzene ring substituents is 1. The largest absolute Gasteiger partial charge is 0.418 e. The number of morpholine rings is 1. The number of benzene rings is 1. The van der Waals surface area contributed by atoms with Gasteiger partial charge in [-0.25, -0.2) is 8.51 Å². The number of nitro groups is 1. The van der Waals surface area contributed by atoms with Crippen LogP contribution in [0.1, 0.15) is 5.56 Å². The predicted molar refractivity (Wildman–Crippen MR) is 124 cm³/mol. The van der Waals surface area contributed by atoms with Gasteiger partial charge in [0.25, 0.3) is 5.69 Å². The van der Waals surface area contributed by atoms with Gasteiger partial charge in [-0.3, -0.25) is 15.0 Å². The van der Waals surface area contributed by atoms with Gasteiger partial charge in [0.2, 0.25) is 0 Å². The fourth-order valence-corrected chi connectivity index (χ4v) is 8.12. The SMILES string of the molecule is CN(CCN1CCOCC1)S1(=O)=C(CBr)N(CCBr)c2c(C(F)(F)F)cc([N+](=O)[O-])cc21. The molecule has 2 heterocycles. The van der Waals surface area contributed by atoms with Gasteiger partial charge in [-0.2, -0.15) is 13.2 Å². The number of hydrogen-bond donors (Lipinski definition) is 0. The Kier molecular flexibility index (Phi) is 8.14. The molecule has 0 radical (unpaired) electrons. The molecule has 1 aromatic carbocycles. The van der Waals surface area contributed by atoms with Crippen molar-refractivity contribution in [2.75, 3.05) is 68.5 Å². The van der Waals surface area contributed by atoms with Crippen molar-refractivity contribution in [1.29, 1.82) is 0 Å². The Morgan fingerprint density at radius 3 is 2.44 bits per heavy atom. The number of anilines is 1. The monoisotopic (exact) mass is 606 g/mol. The molecule has 1 fully saturated rings. The third kappa shape index (κ3) is 4.80. The molecule has 14 heteroatoms. The molecule has 2 aliphatic heterocycles. The van der Waals surface area contributed by atoms with Crippen molar-refractivity contribution in [2.45, 2.75) is 11.1 Å². The standard InChI is InChI=1S/C18H23Br2F3N4O4S/c1-24(4-5-25-6-8-31-9-7-25)32(30)15-11-13(27(28)29)10-14(18(21,22)23)17(15)26(3-2-19)16(32)12-20/h10-11H,2-9,12H2,1H3. The summed E-state index contributed by atoms with van der Waals surface area (Å²) in [6, 6.07) is 1.54. The summed E-state index contributed by atoms with van der Waals surface area (Å²) in [5.74, 6) is 0. The molecule has 32 heavy (non-hydrogen) atoms. The van der Waals surface area contributed by atoms with Crippen molar-refractivity contribution in [3.63, 3.8) is 0 Å². The molecule has 1 unspecified atom stereocenters. The van der Waals surface area contributed by atoms with Crippen LogP contribution in [0, 0.1) is 10.1 Å². The van der Waals surface area contributed by atoms with Gasteiger partial charge in [-0.1, -0.05) is 31.9 Å². The summed E-state index contributed by atoms with van der Waals surface area (Å²) in [5, 5.41) is 11.8. The second-order valence-electron chi connectivity index (χ2n) is 7.29. The highest BCUT2D eigenvalue weighted by molar-refractivity contribution is 9.09. The molecule has 0 bridgehead atoms. The lowest BCUT2D eigenvalue weighted by atomic mass is 10.1. The van der Waals surface area contributed by atoms with Crippen molar-refractivity contribution in [1.82, 2.24) is 9.21 Å². The predicted octanol–water partition coefficient (Wildman–Crippen LogP) is 3.18. The summed E-state index contributed by atoms with van der Waals surface area (Å²) >= 11 is 6.55. The van der Waals surface area contributed by atoms with E-state index in [0.29, 0.717) is 50.8 Å². The summed E-state index contributed by atoms with van der Waals surface area (Å²) < 4.78 is 63.2. The first-order valence-corrected chi connectivity index (χ1v) is 13.5. The number of nitrogens with zero attached hydrogens (tertiary/aromatic N) is 4. The van der Waals surface area contributed by atoms with Crippen molar-refractivity contribution < 1.29 is 27.0 Å². The minimum atomic E-state index is -4.85. The Morgan fingerprint density at radius 1 is 1.25 bits per heavy atom. The van der Waals surface area contributed by atoms with E-state index in [2.05, 4.69) is 36.8 Å². The van der Waals surface area contributed by atoms with Crippen LogP contribution in [0.2, 0.25) is 0 Å². The Hall–Kier alpha value is -0.930. The van der Waals surface area contributed by atoms with E-state index >= 15 is 0 Å². The Morgan fingerprint density at radius 2 is 1.91 bits per heavy atom. The van der Waals surface area contributed by atoms with E-state index in [1.165, 1.54) is 9.21 Å². The molecule has 3 rings (SSSR count). The molecule has 0 N–H and O–H groups in total. The van der Waals surface area contributed by atoms with E-state index in [9.17, 15) is 27.5 Å². The molecular formula is C18H23Br2F3N4O4S. The van der Waals surface area contributed by atoms with Crippen LogP contribution < -0.4 is 4.90 Å². The Bertz CT molecular complexity index is 995. The topological polar surface area (TPSA) is 79.2 Å². The molecular weight excluding hydrogens is 585 g/mol. The number of alkyl halides is 5. The van der Waals surface area contributed by atoms with Crippen molar-refractivity contribution in [3.8, 4) is 0 Å². The van der Waals surface area contributed by atoms with E-state index in [-0.39, 0.29) is 27.4 Å². The van der Waals surface area contributed by atoms with Gasteiger partial charge >= 0.3 is 6.18 Å². The summed E-state index contributed by atoms with van der Waals surface area (Å²) in [5.41, 5.74) is -2.17. The minimum absolute atomic E-state index is 0.0561. The molecule has 0 spiro atoms. The maximum atomic E-state index is 14.5. The van der Waals surface area contributed by atoms with Gasteiger partial charge in [0.05, 0.1) is 49.3 Å². The van der Waals surface area contributed by atoms with E-state index in [4.69, 9.17) is 4.74 Å². The smallest absolute Gasteiger partial charge is 0.379 e. The number of non-ortho nitro benzene ring substituents is 1. The lowest BCUT2D eigenvalue weighted by molar-refractivity contribution is -0.385. The van der Waals surface area contributed by atoms with E-state index in [1.54, 1.807) is 7.05 Å². The lowest BCUT2D eigenvalue weighted by Crippen LogP contribution is -2.43. The number of ether oxygens (including phenoxy) is 1. The first-order chi connectivity index (χ1) is 15.1. The minimum Gasteiger partial charge on any atom is -0.379 e. The third-order valence-corrected chi connectivity index (χ3v) is 9.69. The second-order valence-corrected chi connectivity index (χ2v) is 11.2. The summed E-state index contributed by atoms with van der Waals surface area (Å²) in [6.07, 6.45) is -4.85. The molecule has 1 saturated heterocycles. The van der Waals surface area contributed by atoms with Gasteiger partial charge in [0, 0.05) is 50.2 Å². The zero-order valence-electron chi connectivity index (χ0n) is 17.2. The summed E-state index contributed by atoms with van der Waals surface area (Å²) in [6.45, 7) is 3.56. The molecule has 0 aromatic heterocycles. The van der Waals surface area contributed by atoms with E-state index in [0.717, 1.165) is 6.07 Å². The fourth-order valence-electron chi connectivity index (χ4n) is 3.86. The van der Waals surface area contributed by atoms with Crippen LogP contribution in [0.4, 0.5) is 24.5 Å². The van der Waals surface area contributed by atoms with Crippen LogP contribution in [0.5, 0.6) is 0 Å². The number of hydrogen-bond acceptors (Lipinski definition) is 6. The van der Waals surface area contributed by atoms with Crippen molar-refractivity contribution in [2.24, 2.45) is 0 Å². The van der Waals surface area contributed by atoms with Crippen molar-refractivity contribution in [3.05, 3.63) is 27.8 Å². The third-order valence-electron chi connectivity index (χ3n) is 5.46. The quantitative estimate of drug-likeness (QED) is 0.196. The van der Waals surface area contributed by atoms with Gasteiger partial charge in [0.15, 0.2) is 0 Å². The molecule has 1 aromatic rings. The van der Waals surface area contributed by atoms with Crippen LogP contribution in [-0.2, 0) is 20.6 Å². The first-order valence-electron chi connectivity index (χ1n) is 9.76. The maximum absolute atomic E-state index is 14.5. The average molecular weight is 608 g/mol. The van der Waals surface area contributed by atoms with Gasteiger partial charge < -0.3 is 9.64 Å². The fraction of sp³-hybridized carbons (Fsp3) is 0.611. The molecule has 1 atom stereocenters. The number of likely N-dealkylation sites (N-methyl/N-ethyl adjacent to an activating group) is 1. The van der Waals surface area contributed by atoms with Crippen LogP contribution >= 0.6 is 31.9 Å². The number of halogens is 5. The zero-order valence-corrected chi connectivity index (χ0v) is 21.2. The molecule has 8 nitrogen and oxygen atoms in total.